The average molecular weight is 892 g/mol. The second-order valence-corrected chi connectivity index (χ2v) is 20.4. The van der Waals surface area contributed by atoms with Crippen LogP contribution in [0.4, 0.5) is 18.0 Å². The first-order valence-electron chi connectivity index (χ1n) is 21.3. The molecule has 19 heteroatoms. The van der Waals surface area contributed by atoms with Crippen molar-refractivity contribution in [3.8, 4) is 17.5 Å². The van der Waals surface area contributed by atoms with Crippen LogP contribution in [0.5, 0.6) is 17.5 Å². The lowest BCUT2D eigenvalue weighted by atomic mass is 9.85. The minimum atomic E-state index is -4.92. The molecule has 4 heterocycles. The molecule has 2 aromatic rings. The molecule has 7 atom stereocenters. The fourth-order valence-corrected chi connectivity index (χ4v) is 10.0. The zero-order valence-corrected chi connectivity index (χ0v) is 36.7. The molecule has 1 aromatic carbocycles. The Bertz CT molecular complexity index is 2250. The highest BCUT2D eigenvalue weighted by molar-refractivity contribution is 7.91. The molecule has 2 saturated carbocycles. The fourth-order valence-electron chi connectivity index (χ4n) is 8.71. The first-order chi connectivity index (χ1) is 29.1. The zero-order chi connectivity index (χ0) is 45.0. The van der Waals surface area contributed by atoms with Crippen LogP contribution >= 0.6 is 0 Å². The van der Waals surface area contributed by atoms with Crippen LogP contribution < -0.4 is 29.6 Å². The number of allylic oxidation sites excluding steroid dienone is 1. The Hall–Kier alpha value is -4.81. The number of ether oxygens (including phenoxy) is 4. The van der Waals surface area contributed by atoms with Gasteiger partial charge in [0.2, 0.25) is 39.2 Å². The number of halogens is 3. The number of carbonyl (C=O) groups excluding carboxylic acids is 4. The Labute approximate surface area is 359 Å². The molecule has 3 fully saturated rings. The number of aryl methyl sites for hydroxylation is 1. The van der Waals surface area contributed by atoms with Gasteiger partial charge in [0, 0.05) is 23.3 Å². The number of sulfonamides is 1. The number of amides is 4. The van der Waals surface area contributed by atoms with Gasteiger partial charge in [0.25, 0.3) is 5.91 Å². The molecule has 0 unspecified atom stereocenters. The molecule has 15 nitrogen and oxygen atoms in total. The Morgan fingerprint density at radius 3 is 2.55 bits per heavy atom. The number of hydrogen-bond donors (Lipinski definition) is 3. The van der Waals surface area contributed by atoms with Crippen molar-refractivity contribution in [2.45, 2.75) is 139 Å². The summed E-state index contributed by atoms with van der Waals surface area (Å²) in [6.07, 6.45) is 0.436. The van der Waals surface area contributed by atoms with E-state index < -0.39 is 85.9 Å². The smallest absolute Gasteiger partial charge is 0.427 e. The summed E-state index contributed by atoms with van der Waals surface area (Å²) in [5.41, 5.74) is -3.68. The molecule has 0 bridgehead atoms. The zero-order valence-electron chi connectivity index (χ0n) is 35.9. The van der Waals surface area contributed by atoms with Gasteiger partial charge in [-0.3, -0.25) is 19.1 Å². The first kappa shape index (κ1) is 45.2. The van der Waals surface area contributed by atoms with Crippen LogP contribution in [0.2, 0.25) is 0 Å². The number of nitrogens with one attached hydrogen (secondary N) is 3. The van der Waals surface area contributed by atoms with Crippen molar-refractivity contribution in [3.05, 3.63) is 35.9 Å². The number of rotatable bonds is 9. The summed E-state index contributed by atoms with van der Waals surface area (Å²) in [6, 6.07) is 2.61. The molecular formula is C43H56F3N5O10S. The number of aromatic nitrogens is 1. The highest BCUT2D eigenvalue weighted by atomic mass is 32.2. The van der Waals surface area contributed by atoms with Crippen LogP contribution in [0.15, 0.2) is 30.4 Å². The molecule has 3 N–H and O–H groups in total. The maximum atomic E-state index is 15.0. The maximum absolute atomic E-state index is 15.0. The van der Waals surface area contributed by atoms with Crippen LogP contribution in [0.1, 0.15) is 98.0 Å². The van der Waals surface area contributed by atoms with Crippen LogP contribution in [0, 0.1) is 17.8 Å². The van der Waals surface area contributed by atoms with E-state index >= 15 is 4.79 Å². The van der Waals surface area contributed by atoms with E-state index in [1.54, 1.807) is 39.2 Å². The van der Waals surface area contributed by atoms with Gasteiger partial charge >= 0.3 is 12.3 Å². The molecule has 1 saturated heterocycles. The number of nitrogens with zero attached hydrogens (tertiary/aromatic N) is 2. The highest BCUT2D eigenvalue weighted by Crippen LogP contribution is 2.48. The van der Waals surface area contributed by atoms with E-state index in [2.05, 4.69) is 15.4 Å². The fraction of sp³-hybridized carbons (Fsp3) is 0.651. The monoisotopic (exact) mass is 891 g/mol. The number of alkyl carbamates (subject to hydrolysis) is 1. The van der Waals surface area contributed by atoms with Gasteiger partial charge in [0.15, 0.2) is 0 Å². The number of pyridine rings is 1. The highest BCUT2D eigenvalue weighted by Gasteiger charge is 2.63. The quantitative estimate of drug-likeness (QED) is 0.265. The molecular weight excluding hydrogens is 836 g/mol. The van der Waals surface area contributed by atoms with E-state index in [1.165, 1.54) is 4.90 Å². The minimum Gasteiger partial charge on any atom is -0.497 e. The van der Waals surface area contributed by atoms with Gasteiger partial charge in [-0.25, -0.2) is 13.2 Å². The van der Waals surface area contributed by atoms with Gasteiger partial charge in [-0.05, 0) is 108 Å². The number of carbonyl (C=O) groups is 4. The lowest BCUT2D eigenvalue weighted by Gasteiger charge is -2.35. The van der Waals surface area contributed by atoms with Crippen LogP contribution in [0.25, 0.3) is 10.8 Å². The van der Waals surface area contributed by atoms with E-state index in [9.17, 15) is 36.0 Å². The van der Waals surface area contributed by atoms with Crippen molar-refractivity contribution in [1.82, 2.24) is 25.2 Å². The third kappa shape index (κ3) is 8.87. The third-order valence-electron chi connectivity index (χ3n) is 13.2. The summed E-state index contributed by atoms with van der Waals surface area (Å²) in [5, 5.41) is 6.68. The second-order valence-electron chi connectivity index (χ2n) is 18.2. The number of benzene rings is 1. The number of hydrogen-bond acceptors (Lipinski definition) is 11. The first-order valence-corrected chi connectivity index (χ1v) is 22.8. The van der Waals surface area contributed by atoms with Crippen molar-refractivity contribution in [2.75, 3.05) is 20.3 Å². The van der Waals surface area contributed by atoms with Gasteiger partial charge in [-0.2, -0.15) is 18.2 Å². The topological polar surface area (TPSA) is 192 Å². The Morgan fingerprint density at radius 1 is 1.13 bits per heavy atom. The third-order valence-corrected chi connectivity index (χ3v) is 15.4. The predicted molar refractivity (Wildman–Crippen MR) is 220 cm³/mol. The maximum Gasteiger partial charge on any atom is 0.427 e. The van der Waals surface area contributed by atoms with Gasteiger partial charge < -0.3 is 34.5 Å². The Balaban J connectivity index is 1.26. The summed E-state index contributed by atoms with van der Waals surface area (Å²) in [6.45, 7) is 6.91. The summed E-state index contributed by atoms with van der Waals surface area (Å²) >= 11 is 0. The van der Waals surface area contributed by atoms with Gasteiger partial charge in [0.1, 0.15) is 29.5 Å². The largest absolute Gasteiger partial charge is 0.497 e. The van der Waals surface area contributed by atoms with Crippen LogP contribution in [-0.2, 0) is 35.6 Å². The molecule has 4 amide bonds. The van der Waals surface area contributed by atoms with Crippen molar-refractivity contribution < 1.29 is 59.7 Å². The van der Waals surface area contributed by atoms with Gasteiger partial charge in [0.05, 0.1) is 25.0 Å². The SMILES string of the molecule is CC[C@@H]1C[C@H](C)CC/C=C\[C@@H]2C[C@@]2(C(=O)NS(=O)(=O)C2(C)CC2)NC(=O)[C@@H]2C[C@@H](Oc3nc4c(c5cc(OC)ccc35)CCCO4)CN2C(=O)[C@H]1NC(=O)OC(C)(C)C(F)(F)F. The van der Waals surface area contributed by atoms with Gasteiger partial charge in [-0.1, -0.05) is 32.4 Å². The summed E-state index contributed by atoms with van der Waals surface area (Å²) in [7, 11) is -2.54. The summed E-state index contributed by atoms with van der Waals surface area (Å²) in [5.74, 6) is -2.51. The summed E-state index contributed by atoms with van der Waals surface area (Å²) in [4.78, 5) is 63.0. The molecule has 2 aliphatic carbocycles. The van der Waals surface area contributed by atoms with E-state index in [0.717, 1.165) is 17.4 Å². The molecule has 3 aliphatic heterocycles. The van der Waals surface area contributed by atoms with Crippen molar-refractivity contribution in [1.29, 1.82) is 0 Å². The summed E-state index contributed by atoms with van der Waals surface area (Å²) < 4.78 is 92.1. The van der Waals surface area contributed by atoms with Crippen LogP contribution in [-0.4, -0.2) is 103 Å². The number of methoxy groups -OCH3 is 1. The Kier molecular flexibility index (Phi) is 12.2. The number of fused-ring (bicyclic) bond motifs is 5. The normalized spacial score (nSPS) is 29.3. The van der Waals surface area contributed by atoms with E-state index in [1.807, 2.05) is 19.1 Å². The molecule has 0 radical (unpaired) electrons. The van der Waals surface area contributed by atoms with E-state index in [-0.39, 0.29) is 31.2 Å². The molecule has 340 valence electrons. The van der Waals surface area contributed by atoms with Gasteiger partial charge in [-0.15, -0.1) is 0 Å². The molecule has 0 spiro atoms. The second kappa shape index (κ2) is 16.7. The number of alkyl halides is 3. The average Bonchev–Trinajstić information content (AvgIpc) is 4.09. The molecule has 5 aliphatic rings. The standard InChI is InChI=1S/C43H56F3N5O10S/c1-7-25-19-24(2)11-8-9-12-26-22-42(26,38(54)50-62(56,57)41(5)16-17-41)49-34(52)32-21-28(23-51(32)37(53)33(25)47-39(55)61-40(3,4)43(44,45)46)60-36-30-15-14-27(58-6)20-31(30)29-13-10-18-59-35(29)48-36/h9,12,14-15,20,24-26,28,32-33H,7-8,10-11,13,16-19,21-23H2,1-6H3,(H,47,55)(H,49,52)(H,50,54)/b12-9-/t24-,25-,26-,28-,32+,33+,42-/m1/s1. The lowest BCUT2D eigenvalue weighted by Crippen LogP contribution is -2.60. The van der Waals surface area contributed by atoms with Crippen molar-refractivity contribution in [2.24, 2.45) is 17.8 Å². The van der Waals surface area contributed by atoms with E-state index in [4.69, 9.17) is 23.9 Å². The Morgan fingerprint density at radius 2 is 1.87 bits per heavy atom. The molecule has 1 aromatic heterocycles. The predicted octanol–water partition coefficient (Wildman–Crippen LogP) is 5.63. The van der Waals surface area contributed by atoms with E-state index in [0.29, 0.717) is 82.4 Å². The van der Waals surface area contributed by atoms with Crippen LogP contribution in [0.3, 0.4) is 0 Å². The molecule has 7 rings (SSSR count). The lowest BCUT2D eigenvalue weighted by molar-refractivity contribution is -0.244. The van der Waals surface area contributed by atoms with Crippen molar-refractivity contribution in [3.63, 3.8) is 0 Å². The van der Waals surface area contributed by atoms with Crippen molar-refractivity contribution >= 4 is 44.6 Å². The molecule has 62 heavy (non-hydrogen) atoms. The minimum absolute atomic E-state index is 0.0411.